The van der Waals surface area contributed by atoms with Crippen LogP contribution in [0.2, 0.25) is 0 Å². The molecule has 0 fully saturated rings. The third-order valence-electron chi connectivity index (χ3n) is 2.82. The maximum absolute atomic E-state index is 14.0. The lowest BCUT2D eigenvalue weighted by Crippen LogP contribution is -2.22. The zero-order valence-electron chi connectivity index (χ0n) is 12.4. The van der Waals surface area contributed by atoms with Crippen molar-refractivity contribution in [2.45, 2.75) is 0 Å². The highest BCUT2D eigenvalue weighted by atomic mass is 32.1. The van der Waals surface area contributed by atoms with Gasteiger partial charge in [0.2, 0.25) is 18.1 Å². The van der Waals surface area contributed by atoms with E-state index in [0.717, 1.165) is 6.26 Å². The van der Waals surface area contributed by atoms with Crippen molar-refractivity contribution in [2.24, 2.45) is 0 Å². The highest BCUT2D eigenvalue weighted by Crippen LogP contribution is 2.30. The first-order valence-corrected chi connectivity index (χ1v) is 6.97. The molecule has 24 heavy (non-hydrogen) atoms. The van der Waals surface area contributed by atoms with E-state index in [-0.39, 0.29) is 33.8 Å². The number of H-pyrrole nitrogens is 1. The van der Waals surface area contributed by atoms with Gasteiger partial charge in [-0.2, -0.15) is 4.39 Å². The minimum Gasteiger partial charge on any atom is -0.504 e. The van der Waals surface area contributed by atoms with E-state index in [1.807, 2.05) is 5.32 Å². The van der Waals surface area contributed by atoms with Crippen LogP contribution in [0.15, 0.2) is 36.9 Å². The number of imide groups is 1. The summed E-state index contributed by atoms with van der Waals surface area (Å²) in [7, 11) is 1.34. The summed E-state index contributed by atoms with van der Waals surface area (Å²) in [5, 5.41) is 2.01. The third kappa shape index (κ3) is 3.82. The van der Waals surface area contributed by atoms with Gasteiger partial charge in [-0.15, -0.1) is 0 Å². The van der Waals surface area contributed by atoms with E-state index in [1.54, 1.807) is 18.2 Å². The van der Waals surface area contributed by atoms with Gasteiger partial charge < -0.3 is 14.5 Å². The van der Waals surface area contributed by atoms with Gasteiger partial charge in [0, 0.05) is 5.56 Å². The Bertz CT molecular complexity index is 851. The number of aromatic amines is 1. The van der Waals surface area contributed by atoms with Crippen LogP contribution in [0, 0.1) is 10.5 Å². The molecule has 2 rings (SSSR count). The van der Waals surface area contributed by atoms with Crippen LogP contribution in [0.25, 0.3) is 5.57 Å². The number of benzene rings is 1. The molecule has 9 heteroatoms. The molecule has 0 aliphatic heterocycles. The summed E-state index contributed by atoms with van der Waals surface area (Å²) >= 11 is 4.74. The van der Waals surface area contributed by atoms with Gasteiger partial charge in [0.1, 0.15) is 5.75 Å². The van der Waals surface area contributed by atoms with E-state index in [2.05, 4.69) is 9.97 Å². The van der Waals surface area contributed by atoms with Crippen LogP contribution in [0.3, 0.4) is 0 Å². The van der Waals surface area contributed by atoms with Gasteiger partial charge in [-0.1, -0.05) is 30.4 Å². The molecule has 1 heterocycles. The van der Waals surface area contributed by atoms with Crippen LogP contribution < -0.4 is 10.1 Å². The second kappa shape index (κ2) is 7.97. The number of methoxy groups -OCH3 is 1. The Morgan fingerprint density at radius 3 is 2.88 bits per heavy atom. The summed E-state index contributed by atoms with van der Waals surface area (Å²) in [5.41, 5.74) is 0.308. The van der Waals surface area contributed by atoms with Gasteiger partial charge in [-0.05, 0) is 6.07 Å². The van der Waals surface area contributed by atoms with Crippen molar-refractivity contribution < 1.29 is 23.5 Å². The first kappa shape index (κ1) is 17.3. The zero-order chi connectivity index (χ0) is 17.5. The zero-order valence-corrected chi connectivity index (χ0v) is 13.2. The quantitative estimate of drug-likeness (QED) is 0.360. The SMILES string of the molecule is CO/C=C(/C(=O)NC=O)c1ccccc1Oc1[nH]cnc(=S)c1F. The molecule has 1 aromatic heterocycles. The lowest BCUT2D eigenvalue weighted by atomic mass is 10.1. The number of para-hydroxylation sites is 1. The van der Waals surface area contributed by atoms with Gasteiger partial charge in [0.15, 0.2) is 4.64 Å². The minimum atomic E-state index is -0.836. The Labute approximate surface area is 141 Å². The average molecular weight is 349 g/mol. The maximum Gasteiger partial charge on any atom is 0.261 e. The fourth-order valence-electron chi connectivity index (χ4n) is 1.82. The molecule has 124 valence electrons. The number of amides is 2. The van der Waals surface area contributed by atoms with Gasteiger partial charge in [0.05, 0.1) is 25.3 Å². The van der Waals surface area contributed by atoms with E-state index >= 15 is 0 Å². The van der Waals surface area contributed by atoms with Crippen molar-refractivity contribution in [1.82, 2.24) is 15.3 Å². The van der Waals surface area contributed by atoms with Crippen molar-refractivity contribution >= 4 is 30.1 Å². The number of hydrogen-bond acceptors (Lipinski definition) is 6. The summed E-state index contributed by atoms with van der Waals surface area (Å²) in [5.74, 6) is -1.64. The number of halogens is 1. The standard InChI is InChI=1S/C15H12FN3O4S/c1-22-6-10(13(21)19-8-20)9-4-2-3-5-11(9)23-14-12(16)15(24)18-7-17-14/h2-8H,1H3,(H,17,18,24)(H,19,20,21)/b10-6+. The van der Waals surface area contributed by atoms with Crippen LogP contribution in [0.4, 0.5) is 4.39 Å². The van der Waals surface area contributed by atoms with Crippen molar-refractivity contribution in [2.75, 3.05) is 7.11 Å². The molecule has 2 amide bonds. The number of hydrogen-bond donors (Lipinski definition) is 2. The monoisotopic (exact) mass is 349 g/mol. The summed E-state index contributed by atoms with van der Waals surface area (Å²) in [4.78, 5) is 28.6. The van der Waals surface area contributed by atoms with Crippen LogP contribution >= 0.6 is 12.2 Å². The van der Waals surface area contributed by atoms with E-state index in [9.17, 15) is 14.0 Å². The van der Waals surface area contributed by atoms with Crippen LogP contribution in [0.5, 0.6) is 11.6 Å². The summed E-state index contributed by atoms with van der Waals surface area (Å²) in [6, 6.07) is 6.35. The first-order valence-electron chi connectivity index (χ1n) is 6.56. The van der Waals surface area contributed by atoms with Gasteiger partial charge in [-0.3, -0.25) is 14.9 Å². The molecule has 0 bridgehead atoms. The van der Waals surface area contributed by atoms with Crippen molar-refractivity contribution in [1.29, 1.82) is 0 Å². The fraction of sp³-hybridized carbons (Fsp3) is 0.0667. The second-order valence-electron chi connectivity index (χ2n) is 4.31. The van der Waals surface area contributed by atoms with Crippen molar-refractivity contribution in [3.8, 4) is 11.6 Å². The highest BCUT2D eigenvalue weighted by molar-refractivity contribution is 7.71. The molecule has 0 aliphatic carbocycles. The van der Waals surface area contributed by atoms with Gasteiger partial charge in [0.25, 0.3) is 5.91 Å². The molecule has 2 aromatic rings. The summed E-state index contributed by atoms with van der Waals surface area (Å²) in [6.07, 6.45) is 2.58. The Kier molecular flexibility index (Phi) is 5.74. The number of carbonyl (C=O) groups excluding carboxylic acids is 2. The van der Waals surface area contributed by atoms with Crippen LogP contribution in [-0.2, 0) is 14.3 Å². The number of nitrogens with one attached hydrogen (secondary N) is 2. The number of ether oxygens (including phenoxy) is 2. The Hall–Kier alpha value is -3.07. The molecule has 0 saturated heterocycles. The summed E-state index contributed by atoms with van der Waals surface area (Å²) < 4.78 is 24.0. The average Bonchev–Trinajstić information content (AvgIpc) is 2.58. The lowest BCUT2D eigenvalue weighted by Gasteiger charge is -2.12. The van der Waals surface area contributed by atoms with Gasteiger partial charge >= 0.3 is 0 Å². The first-order chi connectivity index (χ1) is 11.6. The fourth-order valence-corrected chi connectivity index (χ4v) is 1.96. The van der Waals surface area contributed by atoms with Crippen molar-refractivity contribution in [3.63, 3.8) is 0 Å². The Balaban J connectivity index is 2.48. The van der Waals surface area contributed by atoms with Crippen LogP contribution in [0.1, 0.15) is 5.56 Å². The molecule has 0 unspecified atom stereocenters. The Morgan fingerprint density at radius 1 is 1.42 bits per heavy atom. The largest absolute Gasteiger partial charge is 0.504 e. The topological polar surface area (TPSA) is 93.3 Å². The van der Waals surface area contributed by atoms with E-state index in [1.165, 1.54) is 19.5 Å². The van der Waals surface area contributed by atoms with E-state index < -0.39 is 11.7 Å². The molecule has 2 N–H and O–H groups in total. The van der Waals surface area contributed by atoms with Gasteiger partial charge in [-0.25, -0.2) is 4.98 Å². The predicted molar refractivity (Wildman–Crippen MR) is 85.1 cm³/mol. The smallest absolute Gasteiger partial charge is 0.261 e. The molecule has 0 radical (unpaired) electrons. The predicted octanol–water partition coefficient (Wildman–Crippen LogP) is 2.33. The number of nitrogens with zero attached hydrogens (tertiary/aromatic N) is 1. The van der Waals surface area contributed by atoms with Crippen LogP contribution in [-0.4, -0.2) is 29.4 Å². The normalized spacial score (nSPS) is 10.8. The highest BCUT2D eigenvalue weighted by Gasteiger charge is 2.18. The Morgan fingerprint density at radius 2 is 2.17 bits per heavy atom. The molecule has 7 nitrogen and oxygen atoms in total. The number of aromatic nitrogens is 2. The third-order valence-corrected chi connectivity index (χ3v) is 3.11. The van der Waals surface area contributed by atoms with E-state index in [0.29, 0.717) is 0 Å². The molecule has 0 saturated carbocycles. The molecule has 0 spiro atoms. The number of carbonyl (C=O) groups is 2. The second-order valence-corrected chi connectivity index (χ2v) is 4.69. The molecule has 0 atom stereocenters. The maximum atomic E-state index is 14.0. The molecule has 0 aliphatic rings. The lowest BCUT2D eigenvalue weighted by molar-refractivity contribution is -0.121. The molecular weight excluding hydrogens is 337 g/mol. The minimum absolute atomic E-state index is 0.0215. The van der Waals surface area contributed by atoms with Crippen molar-refractivity contribution in [3.05, 3.63) is 52.9 Å². The number of rotatable bonds is 6. The summed E-state index contributed by atoms with van der Waals surface area (Å²) in [6.45, 7) is 0. The van der Waals surface area contributed by atoms with E-state index in [4.69, 9.17) is 21.7 Å². The molecule has 1 aromatic carbocycles. The molecular formula is C15H12FN3O4S.